The van der Waals surface area contributed by atoms with Crippen molar-refractivity contribution in [3.63, 3.8) is 0 Å². The Hall–Kier alpha value is -1.45. The van der Waals surface area contributed by atoms with E-state index in [4.69, 9.17) is 0 Å². The van der Waals surface area contributed by atoms with Crippen molar-refractivity contribution in [2.24, 2.45) is 40.4 Å². The van der Waals surface area contributed by atoms with Gasteiger partial charge in [-0.15, -0.1) is 0 Å². The van der Waals surface area contributed by atoms with Crippen LogP contribution in [0.15, 0.2) is 11.6 Å². The van der Waals surface area contributed by atoms with E-state index < -0.39 is 11.9 Å². The number of Topliss-reactive ketones (excluding diaryl/α,β-unsaturated/α-hetero) is 1. The summed E-state index contributed by atoms with van der Waals surface area (Å²) in [6, 6.07) is 0. The summed E-state index contributed by atoms with van der Waals surface area (Å²) in [5, 5.41) is 9.93. The molecule has 4 nitrogen and oxygen atoms in total. The molecule has 0 radical (unpaired) electrons. The van der Waals surface area contributed by atoms with Crippen molar-refractivity contribution in [1.82, 2.24) is 0 Å². The average molecular weight is 373 g/mol. The zero-order chi connectivity index (χ0) is 19.6. The fourth-order valence-electron chi connectivity index (χ4n) is 7.46. The van der Waals surface area contributed by atoms with Gasteiger partial charge < -0.3 is 5.11 Å². The number of rotatable bonds is 3. The average Bonchev–Trinajstić information content (AvgIpc) is 2.92. The molecule has 7 atom stereocenters. The summed E-state index contributed by atoms with van der Waals surface area (Å²) in [5.41, 5.74) is 0.925. The van der Waals surface area contributed by atoms with Gasteiger partial charge in [-0.05, 0) is 73.7 Å². The molecule has 0 spiro atoms. The Morgan fingerprint density at radius 2 is 1.85 bits per heavy atom. The lowest BCUT2D eigenvalue weighted by Gasteiger charge is -2.60. The molecule has 3 saturated carbocycles. The maximum absolute atomic E-state index is 12.7. The van der Waals surface area contributed by atoms with Crippen LogP contribution in [-0.2, 0) is 14.4 Å². The molecule has 4 rings (SSSR count). The second-order valence-corrected chi connectivity index (χ2v) is 9.98. The summed E-state index contributed by atoms with van der Waals surface area (Å²) in [6.07, 6.45) is 8.12. The lowest BCUT2D eigenvalue weighted by molar-refractivity contribution is -0.151. The Labute approximate surface area is 161 Å². The second-order valence-electron chi connectivity index (χ2n) is 9.98. The summed E-state index contributed by atoms with van der Waals surface area (Å²) >= 11 is 0. The molecule has 4 aliphatic rings. The molecule has 27 heavy (non-hydrogen) atoms. The van der Waals surface area contributed by atoms with Gasteiger partial charge in [0.2, 0.25) is 0 Å². The number of hydrogen-bond donors (Lipinski definition) is 1. The van der Waals surface area contributed by atoms with Crippen LogP contribution in [0.4, 0.5) is 0 Å². The zero-order valence-electron chi connectivity index (χ0n) is 16.8. The van der Waals surface area contributed by atoms with E-state index in [0.29, 0.717) is 36.9 Å². The van der Waals surface area contributed by atoms with Crippen LogP contribution in [0.2, 0.25) is 0 Å². The number of allylic oxidation sites excluding steroid dienone is 1. The van der Waals surface area contributed by atoms with Gasteiger partial charge >= 0.3 is 5.97 Å². The summed E-state index contributed by atoms with van der Waals surface area (Å²) in [4.78, 5) is 36.9. The highest BCUT2D eigenvalue weighted by atomic mass is 16.4. The van der Waals surface area contributed by atoms with Gasteiger partial charge in [-0.25, -0.2) is 0 Å². The van der Waals surface area contributed by atoms with Crippen LogP contribution >= 0.6 is 0 Å². The normalized spacial score (nSPS) is 44.8. The summed E-state index contributed by atoms with van der Waals surface area (Å²) in [5.74, 6) is 0.497. The van der Waals surface area contributed by atoms with Crippen LogP contribution in [-0.4, -0.2) is 22.6 Å². The number of carbonyl (C=O) groups is 3. The molecule has 0 aromatic rings. The number of aliphatic carboxylic acids is 1. The smallest absolute Gasteiger partial charge is 0.306 e. The minimum absolute atomic E-state index is 0.00115. The van der Waals surface area contributed by atoms with Crippen LogP contribution in [0.3, 0.4) is 0 Å². The van der Waals surface area contributed by atoms with Crippen molar-refractivity contribution in [2.45, 2.75) is 72.1 Å². The third-order valence-corrected chi connectivity index (χ3v) is 9.04. The lowest BCUT2D eigenvalue weighted by Crippen LogP contribution is -2.55. The molecule has 1 N–H and O–H groups in total. The van der Waals surface area contributed by atoms with Crippen LogP contribution in [0, 0.1) is 40.4 Å². The van der Waals surface area contributed by atoms with Crippen molar-refractivity contribution in [3.8, 4) is 0 Å². The van der Waals surface area contributed by atoms with Gasteiger partial charge in [-0.1, -0.05) is 26.3 Å². The highest BCUT2D eigenvalue weighted by Gasteiger charge is 2.62. The topological polar surface area (TPSA) is 71.4 Å². The molecule has 0 bridgehead atoms. The summed E-state index contributed by atoms with van der Waals surface area (Å²) in [7, 11) is 0. The first-order valence-corrected chi connectivity index (χ1v) is 10.7. The standard InChI is InChI=1S/C23H32O4/c1-4-15(21(26)27)16-12-13-11-14(24)7-9-22(13,2)18-8-10-23(3)17(20(16)18)5-6-19(23)25/h11,15-18,20H,4-10,12H2,1-3H3,(H,26,27)/t15?,16?,17-,18-,20-,22-,23-/m0/s1. The van der Waals surface area contributed by atoms with Gasteiger partial charge in [0, 0.05) is 18.3 Å². The molecule has 4 aliphatic carbocycles. The maximum atomic E-state index is 12.7. The van der Waals surface area contributed by atoms with Gasteiger partial charge in [0.25, 0.3) is 0 Å². The second kappa shape index (κ2) is 6.28. The number of carboxylic acid groups (broad SMARTS) is 1. The molecular weight excluding hydrogens is 340 g/mol. The quantitative estimate of drug-likeness (QED) is 0.796. The van der Waals surface area contributed by atoms with Crippen LogP contribution in [0.1, 0.15) is 72.1 Å². The van der Waals surface area contributed by atoms with E-state index in [2.05, 4.69) is 13.8 Å². The van der Waals surface area contributed by atoms with E-state index in [1.165, 1.54) is 5.57 Å². The number of ketones is 2. The van der Waals surface area contributed by atoms with E-state index >= 15 is 0 Å². The van der Waals surface area contributed by atoms with Crippen molar-refractivity contribution in [3.05, 3.63) is 11.6 Å². The van der Waals surface area contributed by atoms with Crippen LogP contribution in [0.25, 0.3) is 0 Å². The number of fused-ring (bicyclic) bond motifs is 5. The summed E-state index contributed by atoms with van der Waals surface area (Å²) in [6.45, 7) is 6.41. The third-order valence-electron chi connectivity index (χ3n) is 9.04. The van der Waals surface area contributed by atoms with Gasteiger partial charge in [-0.2, -0.15) is 0 Å². The third kappa shape index (κ3) is 2.58. The Morgan fingerprint density at radius 3 is 2.52 bits per heavy atom. The molecule has 148 valence electrons. The van der Waals surface area contributed by atoms with Crippen LogP contribution in [0.5, 0.6) is 0 Å². The maximum Gasteiger partial charge on any atom is 0.306 e. The molecule has 2 unspecified atom stereocenters. The van der Waals surface area contributed by atoms with Crippen molar-refractivity contribution in [2.75, 3.05) is 0 Å². The minimum Gasteiger partial charge on any atom is -0.481 e. The van der Waals surface area contributed by atoms with Crippen LogP contribution < -0.4 is 0 Å². The van der Waals surface area contributed by atoms with E-state index in [-0.39, 0.29) is 28.4 Å². The van der Waals surface area contributed by atoms with E-state index in [9.17, 15) is 19.5 Å². The molecule has 0 aromatic carbocycles. The van der Waals surface area contributed by atoms with E-state index in [1.54, 1.807) is 0 Å². The van der Waals surface area contributed by atoms with Gasteiger partial charge in [0.05, 0.1) is 5.92 Å². The van der Waals surface area contributed by atoms with E-state index in [0.717, 1.165) is 32.1 Å². The predicted molar refractivity (Wildman–Crippen MR) is 102 cm³/mol. The predicted octanol–water partition coefficient (Wildman–Crippen LogP) is 4.42. The first-order chi connectivity index (χ1) is 12.7. The Bertz CT molecular complexity index is 722. The van der Waals surface area contributed by atoms with Crippen molar-refractivity contribution >= 4 is 17.5 Å². The van der Waals surface area contributed by atoms with Gasteiger partial charge in [0.1, 0.15) is 5.78 Å². The largest absolute Gasteiger partial charge is 0.481 e. The Morgan fingerprint density at radius 1 is 1.15 bits per heavy atom. The Balaban J connectivity index is 1.82. The van der Waals surface area contributed by atoms with Crippen molar-refractivity contribution in [1.29, 1.82) is 0 Å². The summed E-state index contributed by atoms with van der Waals surface area (Å²) < 4.78 is 0. The molecule has 0 aromatic heterocycles. The lowest BCUT2D eigenvalue weighted by atomic mass is 9.44. The molecule has 3 fully saturated rings. The first kappa shape index (κ1) is 18.9. The zero-order valence-corrected chi connectivity index (χ0v) is 16.8. The molecule has 0 amide bonds. The number of carboxylic acids is 1. The SMILES string of the molecule is CCC(C(=O)O)C1CC2=CC(=O)CC[C@]2(C)[C@H]2CC[C@]3(C)C(=O)CC[C@H]3[C@H]12. The Kier molecular flexibility index (Phi) is 4.40. The van der Waals surface area contributed by atoms with E-state index in [1.807, 2.05) is 13.0 Å². The first-order valence-electron chi connectivity index (χ1n) is 10.7. The number of hydrogen-bond acceptors (Lipinski definition) is 3. The molecular formula is C23H32O4. The van der Waals surface area contributed by atoms with Crippen molar-refractivity contribution < 1.29 is 19.5 Å². The molecule has 0 heterocycles. The highest BCUT2D eigenvalue weighted by molar-refractivity contribution is 5.92. The highest BCUT2D eigenvalue weighted by Crippen LogP contribution is 2.66. The minimum atomic E-state index is -0.718. The molecule has 0 saturated heterocycles. The molecule has 0 aliphatic heterocycles. The monoisotopic (exact) mass is 372 g/mol. The fraction of sp³-hybridized carbons (Fsp3) is 0.783. The van der Waals surface area contributed by atoms with Gasteiger partial charge in [-0.3, -0.25) is 14.4 Å². The van der Waals surface area contributed by atoms with Gasteiger partial charge in [0.15, 0.2) is 5.78 Å². The number of carbonyl (C=O) groups excluding carboxylic acids is 2. The fourth-order valence-corrected chi connectivity index (χ4v) is 7.46. The molecule has 4 heteroatoms.